The van der Waals surface area contributed by atoms with Gasteiger partial charge in [0, 0.05) is 33.8 Å². The van der Waals surface area contributed by atoms with E-state index in [1.54, 1.807) is 4.40 Å². The van der Waals surface area contributed by atoms with E-state index in [9.17, 15) is 13.2 Å². The maximum atomic E-state index is 13.7. The molecule has 51 heavy (non-hydrogen) atoms. The number of hydrazone groups is 1. The van der Waals surface area contributed by atoms with E-state index in [0.717, 1.165) is 67.1 Å². The number of hydrogen-bond donors (Lipinski definition) is 2. The number of pyridine rings is 1. The highest BCUT2D eigenvalue weighted by molar-refractivity contribution is 7.89. The summed E-state index contributed by atoms with van der Waals surface area (Å²) in [6, 6.07) is 29.7. The van der Waals surface area contributed by atoms with Crippen LogP contribution in [0.1, 0.15) is 87.1 Å². The first-order valence-electron chi connectivity index (χ1n) is 17.6. The largest absolute Gasteiger partial charge is 0.384 e. The number of rotatable bonds is 11. The number of aromatic nitrogens is 2. The fourth-order valence-corrected chi connectivity index (χ4v) is 8.48. The predicted octanol–water partition coefficient (Wildman–Crippen LogP) is 8.93. The second kappa shape index (κ2) is 13.5. The molecule has 5 aromatic carbocycles. The van der Waals surface area contributed by atoms with Gasteiger partial charge in [0.2, 0.25) is 0 Å². The average molecular weight is 698 g/mol. The smallest absolute Gasteiger partial charge is 0.277 e. The fraction of sp³-hybridized carbons (Fsp3) is 0.262. The molecule has 0 fully saturated rings. The summed E-state index contributed by atoms with van der Waals surface area (Å²) in [6.07, 6.45) is 2.31. The first-order chi connectivity index (χ1) is 24.4. The number of benzene rings is 5. The molecule has 0 atom stereocenters. The lowest BCUT2D eigenvalue weighted by Crippen LogP contribution is -2.23. The minimum absolute atomic E-state index is 0.0377. The summed E-state index contributed by atoms with van der Waals surface area (Å²) in [5, 5.41) is 11.3. The minimum Gasteiger partial charge on any atom is -0.384 e. The Kier molecular flexibility index (Phi) is 9.01. The summed E-state index contributed by atoms with van der Waals surface area (Å²) in [6.45, 7) is 13.0. The number of fused-ring (bicyclic) bond motifs is 4. The third kappa shape index (κ3) is 6.31. The zero-order valence-corrected chi connectivity index (χ0v) is 30.7. The van der Waals surface area contributed by atoms with Gasteiger partial charge in [-0.05, 0) is 76.3 Å². The van der Waals surface area contributed by atoms with Crippen LogP contribution < -0.4 is 15.7 Å². The number of para-hydroxylation sites is 2. The molecule has 0 radical (unpaired) electrons. The lowest BCUT2D eigenvalue weighted by Gasteiger charge is -2.22. The van der Waals surface area contributed by atoms with Crippen LogP contribution in [0.2, 0.25) is 0 Å². The molecule has 260 valence electrons. The Morgan fingerprint density at radius 2 is 1.47 bits per heavy atom. The van der Waals surface area contributed by atoms with Crippen molar-refractivity contribution in [2.24, 2.45) is 5.10 Å². The monoisotopic (exact) mass is 697 g/mol. The Bertz CT molecular complexity index is 2580. The van der Waals surface area contributed by atoms with Crippen molar-refractivity contribution in [1.82, 2.24) is 14.2 Å². The number of sulfonamides is 1. The molecule has 7 aromatic rings. The number of anilines is 1. The molecule has 0 unspecified atom stereocenters. The lowest BCUT2D eigenvalue weighted by atomic mass is 9.89. The van der Waals surface area contributed by atoms with Crippen LogP contribution in [-0.2, 0) is 16.4 Å². The van der Waals surface area contributed by atoms with Gasteiger partial charge in [0.05, 0.1) is 22.1 Å². The Morgan fingerprint density at radius 3 is 2.16 bits per heavy atom. The topological polar surface area (TPSA) is 105 Å². The zero-order chi connectivity index (χ0) is 36.0. The second-order valence-electron chi connectivity index (χ2n) is 14.2. The Hall–Kier alpha value is -5.28. The third-order valence-electron chi connectivity index (χ3n) is 9.72. The van der Waals surface area contributed by atoms with Crippen LogP contribution in [0.3, 0.4) is 0 Å². The molecule has 0 spiro atoms. The van der Waals surface area contributed by atoms with Gasteiger partial charge in [-0.1, -0.05) is 108 Å². The Labute approximate surface area is 298 Å². The molecule has 0 aliphatic carbocycles. The maximum absolute atomic E-state index is 13.7. The maximum Gasteiger partial charge on any atom is 0.277 e. The molecule has 0 amide bonds. The molecule has 2 N–H and O–H groups in total. The highest BCUT2D eigenvalue weighted by Crippen LogP contribution is 2.36. The molecule has 0 bridgehead atoms. The van der Waals surface area contributed by atoms with Crippen LogP contribution in [0.5, 0.6) is 0 Å². The van der Waals surface area contributed by atoms with E-state index in [-0.39, 0.29) is 17.4 Å². The molecule has 9 heteroatoms. The molecule has 8 nitrogen and oxygen atoms in total. The normalized spacial score (nSPS) is 12.6. The summed E-state index contributed by atoms with van der Waals surface area (Å²) in [7, 11) is -3.89. The van der Waals surface area contributed by atoms with Crippen molar-refractivity contribution < 1.29 is 8.42 Å². The van der Waals surface area contributed by atoms with E-state index in [1.165, 1.54) is 6.21 Å². The van der Waals surface area contributed by atoms with Crippen LogP contribution in [0.4, 0.5) is 5.69 Å². The van der Waals surface area contributed by atoms with E-state index < -0.39 is 10.0 Å². The van der Waals surface area contributed by atoms with Crippen molar-refractivity contribution in [3.8, 4) is 0 Å². The van der Waals surface area contributed by atoms with Crippen molar-refractivity contribution in [2.75, 3.05) is 11.9 Å². The van der Waals surface area contributed by atoms with Crippen molar-refractivity contribution in [3.05, 3.63) is 129 Å². The van der Waals surface area contributed by atoms with Crippen LogP contribution in [0, 0.1) is 0 Å². The molecular weight excluding hydrogens is 655 g/mol. The molecule has 0 saturated heterocycles. The van der Waals surface area contributed by atoms with Gasteiger partial charge in [0.1, 0.15) is 5.65 Å². The summed E-state index contributed by atoms with van der Waals surface area (Å²) < 4.78 is 29.0. The number of nitrogens with zero attached hydrogens (tertiary/aromatic N) is 3. The van der Waals surface area contributed by atoms with Gasteiger partial charge < -0.3 is 5.32 Å². The first kappa shape index (κ1) is 34.2. The molecule has 7 rings (SSSR count). The average Bonchev–Trinajstić information content (AvgIpc) is 3.51. The molecule has 0 aliphatic heterocycles. The van der Waals surface area contributed by atoms with E-state index >= 15 is 0 Å². The molecular formula is C42H43N5O3S. The summed E-state index contributed by atoms with van der Waals surface area (Å²) >= 11 is 0. The summed E-state index contributed by atoms with van der Waals surface area (Å²) in [5.74, 6) is 0.368. The van der Waals surface area contributed by atoms with Crippen molar-refractivity contribution in [1.29, 1.82) is 0 Å². The fourth-order valence-electron chi connectivity index (χ4n) is 6.99. The number of imidazole rings is 1. The zero-order valence-electron chi connectivity index (χ0n) is 29.9. The highest BCUT2D eigenvalue weighted by Gasteiger charge is 2.27. The molecule has 0 saturated carbocycles. The van der Waals surface area contributed by atoms with Gasteiger partial charge in [0.25, 0.3) is 15.6 Å². The molecule has 0 aliphatic rings. The lowest BCUT2D eigenvalue weighted by molar-refractivity contribution is 0.579. The van der Waals surface area contributed by atoms with Gasteiger partial charge in [-0.3, -0.25) is 9.20 Å². The van der Waals surface area contributed by atoms with Crippen LogP contribution >= 0.6 is 0 Å². The standard InChI is InChI=1S/C42H43N5O3S/c1-25(2)30-22-34(26(3)4)40(35(23-30)27(5)6)51(49,50)46-44-24-29-16-14-28(15-17-29)20-21-43-36-19-18-33-39-31(36)10-9-11-32(39)41-45-37-12-7-8-13-38(37)47(41)42(33)48/h7-19,22-27,43,46H,20-21H2,1-6H3/b44-24+. The number of hydrogen-bond acceptors (Lipinski definition) is 6. The van der Waals surface area contributed by atoms with Crippen molar-refractivity contribution >= 4 is 60.2 Å². The van der Waals surface area contributed by atoms with E-state index in [2.05, 4.69) is 29.1 Å². The van der Waals surface area contributed by atoms with E-state index in [0.29, 0.717) is 28.4 Å². The third-order valence-corrected chi connectivity index (χ3v) is 11.1. The van der Waals surface area contributed by atoms with Crippen LogP contribution in [0.25, 0.3) is 38.2 Å². The quantitative estimate of drug-likeness (QED) is 0.104. The summed E-state index contributed by atoms with van der Waals surface area (Å²) in [4.78, 5) is 21.3. The minimum atomic E-state index is -3.89. The Morgan fingerprint density at radius 1 is 0.784 bits per heavy atom. The van der Waals surface area contributed by atoms with Crippen molar-refractivity contribution in [2.45, 2.75) is 70.6 Å². The first-order valence-corrected chi connectivity index (χ1v) is 19.1. The highest BCUT2D eigenvalue weighted by atomic mass is 32.2. The number of nitrogens with one attached hydrogen (secondary N) is 2. The van der Waals surface area contributed by atoms with Crippen LogP contribution in [0.15, 0.2) is 106 Å². The summed E-state index contributed by atoms with van der Waals surface area (Å²) in [5.41, 5.74) is 7.87. The van der Waals surface area contributed by atoms with Gasteiger partial charge >= 0.3 is 0 Å². The van der Waals surface area contributed by atoms with Crippen molar-refractivity contribution in [3.63, 3.8) is 0 Å². The van der Waals surface area contributed by atoms with Crippen LogP contribution in [-0.4, -0.2) is 30.6 Å². The SMILES string of the molecule is CC(C)c1cc(C(C)C)c(S(=O)(=O)N/N=C/c2ccc(CCNc3ccc4c(=O)n5c6ccccc6nc5c5cccc3c45)cc2)c(C(C)C)c1. The van der Waals surface area contributed by atoms with Gasteiger partial charge in [-0.15, -0.1) is 0 Å². The second-order valence-corrected chi connectivity index (χ2v) is 15.8. The molecule has 2 aromatic heterocycles. The van der Waals surface area contributed by atoms with E-state index in [1.807, 2.05) is 119 Å². The molecule has 2 heterocycles. The Balaban J connectivity index is 1.05. The van der Waals surface area contributed by atoms with Gasteiger partial charge in [-0.25, -0.2) is 9.82 Å². The predicted molar refractivity (Wildman–Crippen MR) is 210 cm³/mol. The van der Waals surface area contributed by atoms with Gasteiger partial charge in [0.15, 0.2) is 0 Å². The van der Waals surface area contributed by atoms with Gasteiger partial charge in [-0.2, -0.15) is 13.5 Å². The van der Waals surface area contributed by atoms with E-state index in [4.69, 9.17) is 4.98 Å².